The van der Waals surface area contributed by atoms with Gasteiger partial charge in [-0.1, -0.05) is 13.8 Å². The van der Waals surface area contributed by atoms with Crippen LogP contribution in [-0.4, -0.2) is 18.9 Å². The number of Topliss-reactive ketones (excluding diaryl/α,β-unsaturated/α-hetero) is 1. The van der Waals surface area contributed by atoms with E-state index in [9.17, 15) is 9.59 Å². The van der Waals surface area contributed by atoms with Crippen molar-refractivity contribution in [3.63, 3.8) is 0 Å². The lowest BCUT2D eigenvalue weighted by Crippen LogP contribution is -2.22. The molecular formula is C17H21NO3. The Morgan fingerprint density at radius 3 is 2.43 bits per heavy atom. The molecule has 0 fully saturated rings. The molecular weight excluding hydrogens is 266 g/mol. The standard InChI is InChI=1S/C17H21NO3/c1-5-18(6-2)13-8-7-12-9-14(16(19)11(3)4)17(20)21-15(12)10-13/h7-11H,5-6H2,1-4H3. The minimum Gasteiger partial charge on any atom is -0.422 e. The average Bonchev–Trinajstić information content (AvgIpc) is 2.46. The quantitative estimate of drug-likeness (QED) is 0.624. The number of benzene rings is 1. The van der Waals surface area contributed by atoms with E-state index in [4.69, 9.17) is 4.42 Å². The maximum Gasteiger partial charge on any atom is 0.347 e. The summed E-state index contributed by atoms with van der Waals surface area (Å²) in [5, 5.41) is 0.773. The summed E-state index contributed by atoms with van der Waals surface area (Å²) in [6.45, 7) is 9.47. The van der Waals surface area contributed by atoms with Gasteiger partial charge in [-0.2, -0.15) is 0 Å². The Bertz CT molecular complexity index is 712. The molecule has 1 aromatic carbocycles. The highest BCUT2D eigenvalue weighted by atomic mass is 16.4. The van der Waals surface area contributed by atoms with Gasteiger partial charge < -0.3 is 9.32 Å². The Balaban J connectivity index is 2.55. The fourth-order valence-corrected chi connectivity index (χ4v) is 2.37. The molecule has 0 saturated carbocycles. The van der Waals surface area contributed by atoms with E-state index in [0.717, 1.165) is 24.2 Å². The van der Waals surface area contributed by atoms with Gasteiger partial charge in [-0.3, -0.25) is 4.79 Å². The van der Waals surface area contributed by atoms with Crippen molar-refractivity contribution in [3.8, 4) is 0 Å². The number of carbonyl (C=O) groups is 1. The van der Waals surface area contributed by atoms with Gasteiger partial charge >= 0.3 is 5.63 Å². The highest BCUT2D eigenvalue weighted by Gasteiger charge is 2.17. The third-order valence-electron chi connectivity index (χ3n) is 3.64. The van der Waals surface area contributed by atoms with Gasteiger partial charge in [-0.15, -0.1) is 0 Å². The molecule has 4 heteroatoms. The van der Waals surface area contributed by atoms with Gasteiger partial charge in [0.1, 0.15) is 11.1 Å². The van der Waals surface area contributed by atoms with Crippen LogP contribution in [0.15, 0.2) is 33.5 Å². The first-order valence-electron chi connectivity index (χ1n) is 7.35. The first-order chi connectivity index (χ1) is 9.97. The Morgan fingerprint density at radius 1 is 1.19 bits per heavy atom. The number of anilines is 1. The molecule has 0 aliphatic rings. The number of nitrogens with zero attached hydrogens (tertiary/aromatic N) is 1. The zero-order valence-corrected chi connectivity index (χ0v) is 13.0. The zero-order chi connectivity index (χ0) is 15.6. The van der Waals surface area contributed by atoms with Gasteiger partial charge in [0.15, 0.2) is 5.78 Å². The molecule has 0 spiro atoms. The van der Waals surface area contributed by atoms with E-state index in [1.54, 1.807) is 19.9 Å². The molecule has 0 N–H and O–H groups in total. The van der Waals surface area contributed by atoms with Crippen LogP contribution in [0, 0.1) is 5.92 Å². The Labute approximate surface area is 124 Å². The Kier molecular flexibility index (Phi) is 4.46. The van der Waals surface area contributed by atoms with Crippen molar-refractivity contribution >= 4 is 22.4 Å². The minimum absolute atomic E-state index is 0.132. The van der Waals surface area contributed by atoms with Gasteiger partial charge in [0.2, 0.25) is 0 Å². The van der Waals surface area contributed by atoms with Crippen LogP contribution < -0.4 is 10.5 Å². The van der Waals surface area contributed by atoms with Crippen molar-refractivity contribution in [2.75, 3.05) is 18.0 Å². The van der Waals surface area contributed by atoms with Gasteiger partial charge in [-0.25, -0.2) is 4.79 Å². The molecule has 0 aliphatic heterocycles. The van der Waals surface area contributed by atoms with Gasteiger partial charge in [0.25, 0.3) is 0 Å². The van der Waals surface area contributed by atoms with Crippen LogP contribution in [0.1, 0.15) is 38.1 Å². The topological polar surface area (TPSA) is 50.5 Å². The molecule has 0 saturated heterocycles. The smallest absolute Gasteiger partial charge is 0.347 e. The summed E-state index contributed by atoms with van der Waals surface area (Å²) in [5.74, 6) is -0.404. The molecule has 2 rings (SSSR count). The highest BCUT2D eigenvalue weighted by molar-refractivity contribution is 5.99. The molecule has 4 nitrogen and oxygen atoms in total. The van der Waals surface area contributed by atoms with E-state index in [1.165, 1.54) is 0 Å². The molecule has 0 atom stereocenters. The first kappa shape index (κ1) is 15.3. The molecule has 1 aromatic heterocycles. The van der Waals surface area contributed by atoms with Crippen LogP contribution in [0.5, 0.6) is 0 Å². The SMILES string of the molecule is CCN(CC)c1ccc2cc(C(=O)C(C)C)c(=O)oc2c1. The van der Waals surface area contributed by atoms with Crippen LogP contribution >= 0.6 is 0 Å². The van der Waals surface area contributed by atoms with Crippen molar-refractivity contribution < 1.29 is 9.21 Å². The van der Waals surface area contributed by atoms with Gasteiger partial charge in [0.05, 0.1) is 0 Å². The number of ketones is 1. The van der Waals surface area contributed by atoms with Crippen LogP contribution in [-0.2, 0) is 0 Å². The van der Waals surface area contributed by atoms with Gasteiger partial charge in [-0.05, 0) is 32.0 Å². The molecule has 2 aromatic rings. The van der Waals surface area contributed by atoms with Crippen LogP contribution in [0.3, 0.4) is 0 Å². The van der Waals surface area contributed by atoms with Crippen molar-refractivity contribution in [2.24, 2.45) is 5.92 Å². The van der Waals surface area contributed by atoms with Crippen LogP contribution in [0.2, 0.25) is 0 Å². The molecule has 0 amide bonds. The second-order valence-electron chi connectivity index (χ2n) is 5.36. The number of hydrogen-bond donors (Lipinski definition) is 0. The van der Waals surface area contributed by atoms with Crippen molar-refractivity contribution in [1.82, 2.24) is 0 Å². The Morgan fingerprint density at radius 2 is 1.86 bits per heavy atom. The molecule has 0 unspecified atom stereocenters. The number of rotatable bonds is 5. The summed E-state index contributed by atoms with van der Waals surface area (Å²) in [7, 11) is 0. The summed E-state index contributed by atoms with van der Waals surface area (Å²) in [6, 6.07) is 7.37. The predicted octanol–water partition coefficient (Wildman–Crippen LogP) is 3.48. The second-order valence-corrected chi connectivity index (χ2v) is 5.36. The Hall–Kier alpha value is -2.10. The summed E-state index contributed by atoms with van der Waals surface area (Å²) < 4.78 is 5.34. The highest BCUT2D eigenvalue weighted by Crippen LogP contribution is 2.22. The van der Waals surface area contributed by atoms with Crippen LogP contribution in [0.4, 0.5) is 5.69 Å². The van der Waals surface area contributed by atoms with Gasteiger partial charge in [0, 0.05) is 36.1 Å². The average molecular weight is 287 g/mol. The van der Waals surface area contributed by atoms with E-state index in [2.05, 4.69) is 18.7 Å². The third kappa shape index (κ3) is 2.99. The summed E-state index contributed by atoms with van der Waals surface area (Å²) in [6.07, 6.45) is 0. The first-order valence-corrected chi connectivity index (χ1v) is 7.35. The molecule has 112 valence electrons. The molecule has 0 radical (unpaired) electrons. The van der Waals surface area contributed by atoms with E-state index in [0.29, 0.717) is 5.58 Å². The predicted molar refractivity (Wildman–Crippen MR) is 85.2 cm³/mol. The maximum atomic E-state index is 12.0. The lowest BCUT2D eigenvalue weighted by atomic mass is 10.0. The molecule has 1 heterocycles. The summed E-state index contributed by atoms with van der Waals surface area (Å²) >= 11 is 0. The fourth-order valence-electron chi connectivity index (χ4n) is 2.37. The maximum absolute atomic E-state index is 12.0. The van der Waals surface area contributed by atoms with Crippen LogP contribution in [0.25, 0.3) is 11.0 Å². The monoisotopic (exact) mass is 287 g/mol. The normalized spacial score (nSPS) is 11.1. The van der Waals surface area contributed by atoms with E-state index >= 15 is 0 Å². The fraction of sp³-hybridized carbons (Fsp3) is 0.412. The van der Waals surface area contributed by atoms with E-state index < -0.39 is 5.63 Å². The summed E-state index contributed by atoms with van der Waals surface area (Å²) in [5.41, 5.74) is 1.11. The lowest BCUT2D eigenvalue weighted by Gasteiger charge is -2.21. The van der Waals surface area contributed by atoms with Crippen molar-refractivity contribution in [2.45, 2.75) is 27.7 Å². The second kappa shape index (κ2) is 6.12. The third-order valence-corrected chi connectivity index (χ3v) is 3.64. The number of carbonyl (C=O) groups excluding carboxylic acids is 1. The molecule has 21 heavy (non-hydrogen) atoms. The molecule has 0 bridgehead atoms. The number of fused-ring (bicyclic) bond motifs is 1. The van der Waals surface area contributed by atoms with E-state index in [1.807, 2.05) is 18.2 Å². The zero-order valence-electron chi connectivity index (χ0n) is 13.0. The minimum atomic E-state index is -0.558. The summed E-state index contributed by atoms with van der Waals surface area (Å²) in [4.78, 5) is 26.2. The van der Waals surface area contributed by atoms with Crippen molar-refractivity contribution in [3.05, 3.63) is 40.2 Å². The van der Waals surface area contributed by atoms with E-state index in [-0.39, 0.29) is 17.3 Å². The number of hydrogen-bond acceptors (Lipinski definition) is 4. The molecule has 0 aliphatic carbocycles. The van der Waals surface area contributed by atoms with Crippen molar-refractivity contribution in [1.29, 1.82) is 0 Å². The largest absolute Gasteiger partial charge is 0.422 e. The lowest BCUT2D eigenvalue weighted by molar-refractivity contribution is 0.0936.